The molecule has 0 atom stereocenters. The van der Waals surface area contributed by atoms with Crippen molar-refractivity contribution in [3.63, 3.8) is 0 Å². The van der Waals surface area contributed by atoms with Crippen LogP contribution in [-0.2, 0) is 0 Å². The van der Waals surface area contributed by atoms with E-state index in [1.54, 1.807) is 0 Å². The van der Waals surface area contributed by atoms with Crippen LogP contribution in [0.4, 0.5) is 0 Å². The third-order valence-corrected chi connectivity index (χ3v) is 3.95. The van der Waals surface area contributed by atoms with Crippen molar-refractivity contribution in [2.45, 2.75) is 20.8 Å². The molecule has 3 aromatic rings. The Balaban J connectivity index is 1.98. The van der Waals surface area contributed by atoms with Crippen LogP contribution in [0.15, 0.2) is 54.6 Å². The molecule has 0 aliphatic rings. The van der Waals surface area contributed by atoms with Crippen molar-refractivity contribution >= 4 is 22.9 Å². The average Bonchev–Trinajstić information content (AvgIpc) is 2.46. The lowest BCUT2D eigenvalue weighted by atomic mass is 9.98. The van der Waals surface area contributed by atoms with E-state index >= 15 is 0 Å². The van der Waals surface area contributed by atoms with E-state index in [-0.39, 0.29) is 0 Å². The highest BCUT2D eigenvalue weighted by Crippen LogP contribution is 2.21. The summed E-state index contributed by atoms with van der Waals surface area (Å²) in [7, 11) is 0. The van der Waals surface area contributed by atoms with Crippen LogP contribution in [0.1, 0.15) is 27.8 Å². The lowest BCUT2D eigenvalue weighted by Crippen LogP contribution is -1.88. The maximum atomic E-state index is 2.24. The number of aryl methyl sites for hydroxylation is 3. The van der Waals surface area contributed by atoms with Crippen LogP contribution in [0.5, 0.6) is 0 Å². The standard InChI is InChI=1S/C21H20/c1-15-12-16(2)21(17(3)13-15)11-9-18-8-10-19-6-4-5-7-20(19)14-18/h4-14H,1-3H3/b11-9+. The van der Waals surface area contributed by atoms with Gasteiger partial charge in [0.05, 0.1) is 0 Å². The minimum Gasteiger partial charge on any atom is -0.0616 e. The van der Waals surface area contributed by atoms with Crippen molar-refractivity contribution in [1.82, 2.24) is 0 Å². The largest absolute Gasteiger partial charge is 0.0616 e. The fourth-order valence-corrected chi connectivity index (χ4v) is 2.95. The Morgan fingerprint density at radius 2 is 1.33 bits per heavy atom. The lowest BCUT2D eigenvalue weighted by Gasteiger charge is -2.07. The van der Waals surface area contributed by atoms with E-state index in [0.717, 1.165) is 0 Å². The molecule has 0 bridgehead atoms. The first-order valence-corrected chi connectivity index (χ1v) is 7.38. The molecule has 21 heavy (non-hydrogen) atoms. The Bertz CT molecular complexity index is 799. The number of benzene rings is 3. The van der Waals surface area contributed by atoms with Gasteiger partial charge in [0.15, 0.2) is 0 Å². The van der Waals surface area contributed by atoms with Gasteiger partial charge in [0.1, 0.15) is 0 Å². The Morgan fingerprint density at radius 1 is 0.667 bits per heavy atom. The molecular weight excluding hydrogens is 252 g/mol. The first-order valence-electron chi connectivity index (χ1n) is 7.38. The summed E-state index contributed by atoms with van der Waals surface area (Å²) >= 11 is 0. The quantitative estimate of drug-likeness (QED) is 0.507. The molecule has 3 aromatic carbocycles. The maximum absolute atomic E-state index is 2.24. The van der Waals surface area contributed by atoms with Crippen LogP contribution in [0.3, 0.4) is 0 Å². The normalized spacial score (nSPS) is 11.4. The zero-order chi connectivity index (χ0) is 14.8. The number of hydrogen-bond donors (Lipinski definition) is 0. The van der Waals surface area contributed by atoms with Gasteiger partial charge in [0, 0.05) is 0 Å². The molecule has 104 valence electrons. The summed E-state index contributed by atoms with van der Waals surface area (Å²) in [4.78, 5) is 0. The van der Waals surface area contributed by atoms with Crippen LogP contribution < -0.4 is 0 Å². The van der Waals surface area contributed by atoms with E-state index in [1.807, 2.05) is 0 Å². The molecule has 0 saturated carbocycles. The average molecular weight is 272 g/mol. The molecule has 0 heterocycles. The highest BCUT2D eigenvalue weighted by Gasteiger charge is 2.00. The first kappa shape index (κ1) is 13.6. The summed E-state index contributed by atoms with van der Waals surface area (Å²) < 4.78 is 0. The van der Waals surface area contributed by atoms with E-state index in [0.29, 0.717) is 0 Å². The van der Waals surface area contributed by atoms with Gasteiger partial charge in [-0.05, 0) is 59.9 Å². The Labute approximate surface area is 126 Å². The fraction of sp³-hybridized carbons (Fsp3) is 0.143. The van der Waals surface area contributed by atoms with Gasteiger partial charge in [0.25, 0.3) is 0 Å². The minimum absolute atomic E-state index is 1.24. The van der Waals surface area contributed by atoms with Crippen molar-refractivity contribution < 1.29 is 0 Å². The van der Waals surface area contributed by atoms with Gasteiger partial charge < -0.3 is 0 Å². The van der Waals surface area contributed by atoms with Crippen LogP contribution >= 0.6 is 0 Å². The molecule has 0 spiro atoms. The van der Waals surface area contributed by atoms with E-state index in [1.165, 1.54) is 38.6 Å². The number of hydrogen-bond acceptors (Lipinski definition) is 0. The second kappa shape index (κ2) is 5.57. The molecule has 0 aliphatic carbocycles. The van der Waals surface area contributed by atoms with Gasteiger partial charge in [-0.3, -0.25) is 0 Å². The van der Waals surface area contributed by atoms with Crippen LogP contribution in [0.2, 0.25) is 0 Å². The van der Waals surface area contributed by atoms with Crippen molar-refractivity contribution in [2.75, 3.05) is 0 Å². The molecule has 0 radical (unpaired) electrons. The predicted molar refractivity (Wildman–Crippen MR) is 93.5 cm³/mol. The molecule has 0 N–H and O–H groups in total. The molecule has 0 fully saturated rings. The summed E-state index contributed by atoms with van der Waals surface area (Å²) in [6.07, 6.45) is 4.44. The summed E-state index contributed by atoms with van der Waals surface area (Å²) in [5.74, 6) is 0. The SMILES string of the molecule is Cc1cc(C)c(/C=C/c2ccc3ccccc3c2)c(C)c1. The molecule has 0 nitrogen and oxygen atoms in total. The zero-order valence-corrected chi connectivity index (χ0v) is 12.9. The highest BCUT2D eigenvalue weighted by atomic mass is 14.1. The monoisotopic (exact) mass is 272 g/mol. The van der Waals surface area contributed by atoms with Crippen LogP contribution in [0.25, 0.3) is 22.9 Å². The first-order chi connectivity index (χ1) is 10.1. The Kier molecular flexibility index (Phi) is 3.62. The topological polar surface area (TPSA) is 0 Å². The molecule has 0 amide bonds. The fourth-order valence-electron chi connectivity index (χ4n) is 2.95. The van der Waals surface area contributed by atoms with E-state index in [9.17, 15) is 0 Å². The molecule has 0 saturated heterocycles. The molecule has 0 heteroatoms. The summed E-state index contributed by atoms with van der Waals surface area (Å²) in [5.41, 5.74) is 6.57. The van der Waals surface area contributed by atoms with Crippen molar-refractivity contribution in [1.29, 1.82) is 0 Å². The molecule has 0 aromatic heterocycles. The highest BCUT2D eigenvalue weighted by molar-refractivity contribution is 5.86. The lowest BCUT2D eigenvalue weighted by molar-refractivity contribution is 1.30. The Hall–Kier alpha value is -2.34. The number of fused-ring (bicyclic) bond motifs is 1. The zero-order valence-electron chi connectivity index (χ0n) is 12.9. The van der Waals surface area contributed by atoms with Crippen LogP contribution in [-0.4, -0.2) is 0 Å². The third kappa shape index (κ3) is 2.90. The second-order valence-electron chi connectivity index (χ2n) is 5.75. The van der Waals surface area contributed by atoms with Crippen molar-refractivity contribution in [2.24, 2.45) is 0 Å². The second-order valence-corrected chi connectivity index (χ2v) is 5.75. The van der Waals surface area contributed by atoms with Gasteiger partial charge >= 0.3 is 0 Å². The molecule has 0 aliphatic heterocycles. The van der Waals surface area contributed by atoms with E-state index in [4.69, 9.17) is 0 Å². The summed E-state index contributed by atoms with van der Waals surface area (Å²) in [6, 6.07) is 19.6. The predicted octanol–water partition coefficient (Wildman–Crippen LogP) is 5.94. The van der Waals surface area contributed by atoms with E-state index in [2.05, 4.69) is 87.5 Å². The van der Waals surface area contributed by atoms with Gasteiger partial charge in [-0.25, -0.2) is 0 Å². The maximum Gasteiger partial charge on any atom is -0.0178 e. The van der Waals surface area contributed by atoms with E-state index < -0.39 is 0 Å². The van der Waals surface area contributed by atoms with Crippen molar-refractivity contribution in [3.05, 3.63) is 82.4 Å². The summed E-state index contributed by atoms with van der Waals surface area (Å²) in [6.45, 7) is 6.51. The molecule has 3 rings (SSSR count). The van der Waals surface area contributed by atoms with Gasteiger partial charge in [-0.1, -0.05) is 66.2 Å². The smallest absolute Gasteiger partial charge is 0.0178 e. The molecular formula is C21H20. The van der Waals surface area contributed by atoms with Gasteiger partial charge in [-0.2, -0.15) is 0 Å². The van der Waals surface area contributed by atoms with Crippen molar-refractivity contribution in [3.8, 4) is 0 Å². The van der Waals surface area contributed by atoms with Crippen LogP contribution in [0, 0.1) is 20.8 Å². The molecule has 0 unspecified atom stereocenters. The van der Waals surface area contributed by atoms with Gasteiger partial charge in [-0.15, -0.1) is 0 Å². The minimum atomic E-state index is 1.24. The summed E-state index contributed by atoms with van der Waals surface area (Å²) in [5, 5.41) is 2.58. The third-order valence-electron chi connectivity index (χ3n) is 3.95. The number of rotatable bonds is 2. The Morgan fingerprint density at radius 3 is 2.05 bits per heavy atom. The van der Waals surface area contributed by atoms with Gasteiger partial charge in [0.2, 0.25) is 0 Å².